The van der Waals surface area contributed by atoms with E-state index < -0.39 is 69.2 Å². The predicted octanol–water partition coefficient (Wildman–Crippen LogP) is 4.53. The van der Waals surface area contributed by atoms with E-state index in [4.69, 9.17) is 4.55 Å². The first-order chi connectivity index (χ1) is 14.1. The number of alkyl halides is 12. The number of carbonyl (C=O) groups is 1. The van der Waals surface area contributed by atoms with Gasteiger partial charge in [0.1, 0.15) is 4.90 Å². The molecule has 1 N–H and O–H groups in total. The zero-order valence-electron chi connectivity index (χ0n) is 14.6. The van der Waals surface area contributed by atoms with Gasteiger partial charge < -0.3 is 4.74 Å². The minimum absolute atomic E-state index is 0.466. The van der Waals surface area contributed by atoms with Crippen LogP contribution in [0.15, 0.2) is 29.2 Å². The van der Waals surface area contributed by atoms with Gasteiger partial charge in [-0.15, -0.1) is 0 Å². The number of rotatable bonds is 9. The molecule has 0 saturated carbocycles. The van der Waals surface area contributed by atoms with Crippen LogP contribution in [-0.2, 0) is 14.9 Å². The molecule has 1 rings (SSSR count). The third kappa shape index (κ3) is 4.46. The van der Waals surface area contributed by atoms with Crippen LogP contribution in [0, 0.1) is 0 Å². The van der Waals surface area contributed by atoms with Gasteiger partial charge in [-0.2, -0.15) is 52.3 Å². The first kappa shape index (κ1) is 27.8. The largest absolute Gasteiger partial charge is 0.455 e. The average Bonchev–Trinajstić information content (AvgIpc) is 2.64. The third-order valence-electron chi connectivity index (χ3n) is 3.71. The molecule has 0 atom stereocenters. The molecule has 0 spiro atoms. The highest BCUT2D eigenvalue weighted by molar-refractivity contribution is 7.86. The van der Waals surface area contributed by atoms with Crippen LogP contribution in [0.2, 0.25) is 0 Å². The predicted molar refractivity (Wildman–Crippen MR) is 77.3 cm³/mol. The lowest BCUT2D eigenvalue weighted by atomic mass is 9.94. The van der Waals surface area contributed by atoms with Crippen LogP contribution in [0.5, 0.6) is 0 Å². The second-order valence-electron chi connectivity index (χ2n) is 5.90. The molecule has 0 amide bonds. The molecule has 5 nitrogen and oxygen atoms in total. The van der Waals surface area contributed by atoms with Crippen molar-refractivity contribution in [1.29, 1.82) is 0 Å². The van der Waals surface area contributed by atoms with Gasteiger partial charge in [-0.25, -0.2) is 13.6 Å². The maximum atomic E-state index is 13.6. The van der Waals surface area contributed by atoms with Crippen molar-refractivity contribution in [3.05, 3.63) is 29.8 Å². The SMILES string of the molecule is O=C(OCC(F)(F)C(F)(F)C(F)(F)C(F)(F)C(F)(F)C(F)F)c1ccccc1S(=O)(=O)O. The second-order valence-corrected chi connectivity index (χ2v) is 7.29. The summed E-state index contributed by atoms with van der Waals surface area (Å²) in [5, 5.41) is 0. The molecule has 0 fully saturated rings. The zero-order valence-corrected chi connectivity index (χ0v) is 15.4. The van der Waals surface area contributed by atoms with E-state index >= 15 is 0 Å². The first-order valence-corrected chi connectivity index (χ1v) is 8.90. The van der Waals surface area contributed by atoms with Gasteiger partial charge in [-0.3, -0.25) is 4.55 Å². The second kappa shape index (κ2) is 8.27. The van der Waals surface area contributed by atoms with E-state index in [1.807, 2.05) is 0 Å². The summed E-state index contributed by atoms with van der Waals surface area (Å²) in [7, 11) is -5.24. The summed E-state index contributed by atoms with van der Waals surface area (Å²) in [5.41, 5.74) is -1.30. The summed E-state index contributed by atoms with van der Waals surface area (Å²) in [5.74, 6) is -39.0. The molecular weight excluding hydrogens is 508 g/mol. The molecule has 1 aromatic rings. The van der Waals surface area contributed by atoms with Crippen LogP contribution < -0.4 is 0 Å². The van der Waals surface area contributed by atoms with Gasteiger partial charge in [0.05, 0.1) is 5.56 Å². The fourth-order valence-electron chi connectivity index (χ4n) is 1.96. The van der Waals surface area contributed by atoms with Gasteiger partial charge in [-0.1, -0.05) is 12.1 Å². The lowest BCUT2D eigenvalue weighted by molar-refractivity contribution is -0.414. The lowest BCUT2D eigenvalue weighted by Crippen LogP contribution is -2.69. The minimum Gasteiger partial charge on any atom is -0.455 e. The molecule has 0 aromatic heterocycles. The molecule has 0 aliphatic carbocycles. The van der Waals surface area contributed by atoms with Crippen molar-refractivity contribution >= 4 is 16.1 Å². The average molecular weight is 516 g/mol. The third-order valence-corrected chi connectivity index (χ3v) is 4.62. The quantitative estimate of drug-likeness (QED) is 0.297. The van der Waals surface area contributed by atoms with Crippen LogP contribution in [0.4, 0.5) is 52.7 Å². The number of benzene rings is 1. The van der Waals surface area contributed by atoms with E-state index in [2.05, 4.69) is 4.74 Å². The molecule has 18 heteroatoms. The highest BCUT2D eigenvalue weighted by Gasteiger charge is 2.87. The van der Waals surface area contributed by atoms with E-state index in [-0.39, 0.29) is 0 Å². The Balaban J connectivity index is 3.27. The van der Waals surface area contributed by atoms with Crippen molar-refractivity contribution in [1.82, 2.24) is 0 Å². The van der Waals surface area contributed by atoms with Crippen molar-refractivity contribution in [3.8, 4) is 0 Å². The van der Waals surface area contributed by atoms with Crippen LogP contribution in [0.25, 0.3) is 0 Å². The number of hydrogen-bond donors (Lipinski definition) is 1. The molecule has 0 unspecified atom stereocenters. The maximum Gasteiger partial charge on any atom is 0.384 e. The van der Waals surface area contributed by atoms with Gasteiger partial charge in [0, 0.05) is 0 Å². The van der Waals surface area contributed by atoms with E-state index in [1.165, 1.54) is 0 Å². The van der Waals surface area contributed by atoms with Crippen LogP contribution in [0.1, 0.15) is 10.4 Å². The standard InChI is InChI=1S/C14H8F12O5S/c15-9(16)11(19,20)13(23,24)14(25,26)12(21,22)10(17,18)5-31-8(27)6-3-1-2-4-7(6)32(28,29)30/h1-4,9H,5H2,(H,28,29,30). The Morgan fingerprint density at radius 1 is 0.875 bits per heavy atom. The number of ether oxygens (including phenoxy) is 1. The maximum absolute atomic E-state index is 13.6. The van der Waals surface area contributed by atoms with Gasteiger partial charge in [0.25, 0.3) is 10.1 Å². The molecule has 1 aromatic carbocycles. The number of esters is 1. The highest BCUT2D eigenvalue weighted by atomic mass is 32.2. The van der Waals surface area contributed by atoms with Crippen molar-refractivity contribution in [2.24, 2.45) is 0 Å². The molecule has 0 aliphatic heterocycles. The summed E-state index contributed by atoms with van der Waals surface area (Å²) >= 11 is 0. The van der Waals surface area contributed by atoms with Gasteiger partial charge in [-0.05, 0) is 12.1 Å². The normalized spacial score (nSPS) is 14.6. The van der Waals surface area contributed by atoms with E-state index in [0.717, 1.165) is 12.1 Å². The lowest BCUT2D eigenvalue weighted by Gasteiger charge is -2.38. The Labute approximate surface area is 169 Å². The highest BCUT2D eigenvalue weighted by Crippen LogP contribution is 2.58. The Morgan fingerprint density at radius 2 is 1.34 bits per heavy atom. The van der Waals surface area contributed by atoms with Crippen LogP contribution >= 0.6 is 0 Å². The molecular formula is C14H8F12O5S. The molecule has 0 saturated heterocycles. The van der Waals surface area contributed by atoms with E-state index in [0.29, 0.717) is 12.1 Å². The Kier molecular flexibility index (Phi) is 7.19. The van der Waals surface area contributed by atoms with Crippen LogP contribution in [-0.4, -0.2) is 61.6 Å². The van der Waals surface area contributed by atoms with Gasteiger partial charge in [0.2, 0.25) is 0 Å². The molecule has 184 valence electrons. The molecule has 0 bridgehead atoms. The van der Waals surface area contributed by atoms with Crippen molar-refractivity contribution in [2.45, 2.75) is 40.9 Å². The molecule has 32 heavy (non-hydrogen) atoms. The van der Waals surface area contributed by atoms with Gasteiger partial charge in [0.15, 0.2) is 6.61 Å². The van der Waals surface area contributed by atoms with Gasteiger partial charge >= 0.3 is 42.0 Å². The Hall–Kier alpha value is -2.24. The number of carbonyl (C=O) groups excluding carboxylic acids is 1. The summed E-state index contributed by atoms with van der Waals surface area (Å²) in [6, 6.07) is 2.65. The summed E-state index contributed by atoms with van der Waals surface area (Å²) in [4.78, 5) is 10.3. The summed E-state index contributed by atoms with van der Waals surface area (Å²) < 4.78 is 191. The zero-order chi connectivity index (χ0) is 25.6. The van der Waals surface area contributed by atoms with E-state index in [9.17, 15) is 65.9 Å². The number of halogens is 12. The molecule has 0 radical (unpaired) electrons. The molecule has 0 aliphatic rings. The fourth-order valence-corrected chi connectivity index (χ4v) is 2.64. The Bertz CT molecular complexity index is 961. The molecule has 0 heterocycles. The summed E-state index contributed by atoms with van der Waals surface area (Å²) in [6.45, 7) is -3.22. The van der Waals surface area contributed by atoms with Crippen molar-refractivity contribution in [2.75, 3.05) is 6.61 Å². The summed E-state index contributed by atoms with van der Waals surface area (Å²) in [6.07, 6.45) is -5.66. The number of hydrogen-bond acceptors (Lipinski definition) is 4. The smallest absolute Gasteiger partial charge is 0.384 e. The Morgan fingerprint density at radius 3 is 1.78 bits per heavy atom. The minimum atomic E-state index is -7.80. The first-order valence-electron chi connectivity index (χ1n) is 7.46. The van der Waals surface area contributed by atoms with Crippen LogP contribution in [0.3, 0.4) is 0 Å². The monoisotopic (exact) mass is 516 g/mol. The van der Waals surface area contributed by atoms with Crippen molar-refractivity contribution in [3.63, 3.8) is 0 Å². The fraction of sp³-hybridized carbons (Fsp3) is 0.500. The van der Waals surface area contributed by atoms with Crippen molar-refractivity contribution < 1.29 is 75.2 Å². The van der Waals surface area contributed by atoms with E-state index in [1.54, 1.807) is 0 Å². The topological polar surface area (TPSA) is 80.7 Å².